The van der Waals surface area contributed by atoms with Gasteiger partial charge in [-0.1, -0.05) is 0 Å². The average Bonchev–Trinajstić information content (AvgIpc) is 2.37. The highest BCUT2D eigenvalue weighted by atomic mass is 15.3. The number of nitrogens with two attached hydrogens (primary N) is 1. The smallest absolute Gasteiger partial charge is 0.225 e. The molecular formula is C13H23N5. The number of aromatic nitrogens is 2. The van der Waals surface area contributed by atoms with Crippen molar-refractivity contribution in [2.24, 2.45) is 5.73 Å². The highest BCUT2D eigenvalue weighted by Gasteiger charge is 2.23. The molecule has 0 radical (unpaired) electrons. The number of rotatable bonds is 3. The Morgan fingerprint density at radius 3 is 2.94 bits per heavy atom. The molecule has 0 aliphatic carbocycles. The first-order valence-corrected chi connectivity index (χ1v) is 6.56. The molecule has 18 heavy (non-hydrogen) atoms. The van der Waals surface area contributed by atoms with E-state index >= 15 is 0 Å². The van der Waals surface area contributed by atoms with Gasteiger partial charge in [0, 0.05) is 31.9 Å². The van der Waals surface area contributed by atoms with Gasteiger partial charge in [0.25, 0.3) is 0 Å². The number of nitrogens with zero attached hydrogens (tertiary/aromatic N) is 4. The zero-order valence-electron chi connectivity index (χ0n) is 11.6. The highest BCUT2D eigenvalue weighted by Crippen LogP contribution is 2.18. The van der Waals surface area contributed by atoms with Gasteiger partial charge < -0.3 is 15.5 Å². The molecule has 1 unspecified atom stereocenters. The third kappa shape index (κ3) is 2.97. The molecule has 0 bridgehead atoms. The summed E-state index contributed by atoms with van der Waals surface area (Å²) in [5.74, 6) is 0.802. The van der Waals surface area contributed by atoms with Crippen molar-refractivity contribution in [2.75, 3.05) is 32.1 Å². The molecule has 100 valence electrons. The first kappa shape index (κ1) is 13.2. The molecule has 1 atom stereocenters. The Hall–Kier alpha value is -1.20. The summed E-state index contributed by atoms with van der Waals surface area (Å²) in [6.45, 7) is 4.72. The molecular weight excluding hydrogens is 226 g/mol. The lowest BCUT2D eigenvalue weighted by molar-refractivity contribution is 0.247. The Morgan fingerprint density at radius 1 is 1.50 bits per heavy atom. The van der Waals surface area contributed by atoms with Crippen LogP contribution in [0.1, 0.15) is 24.2 Å². The summed E-state index contributed by atoms with van der Waals surface area (Å²) in [5.41, 5.74) is 7.56. The number of piperidine rings is 1. The van der Waals surface area contributed by atoms with Gasteiger partial charge in [-0.2, -0.15) is 0 Å². The van der Waals surface area contributed by atoms with E-state index in [1.54, 1.807) is 0 Å². The zero-order valence-corrected chi connectivity index (χ0v) is 11.6. The fourth-order valence-corrected chi connectivity index (χ4v) is 2.50. The number of hydrogen-bond donors (Lipinski definition) is 1. The van der Waals surface area contributed by atoms with Gasteiger partial charge in [0.15, 0.2) is 0 Å². The van der Waals surface area contributed by atoms with E-state index in [4.69, 9.17) is 5.73 Å². The molecule has 1 fully saturated rings. The third-order valence-corrected chi connectivity index (χ3v) is 3.57. The molecule has 1 saturated heterocycles. The van der Waals surface area contributed by atoms with Gasteiger partial charge in [0.05, 0.1) is 5.69 Å². The Morgan fingerprint density at radius 2 is 2.28 bits per heavy atom. The Kier molecular flexibility index (Phi) is 4.14. The van der Waals surface area contributed by atoms with Crippen LogP contribution in [0.5, 0.6) is 0 Å². The molecule has 2 N–H and O–H groups in total. The Balaban J connectivity index is 2.16. The lowest BCUT2D eigenvalue weighted by Gasteiger charge is -2.36. The summed E-state index contributed by atoms with van der Waals surface area (Å²) in [4.78, 5) is 13.6. The van der Waals surface area contributed by atoms with E-state index in [0.29, 0.717) is 12.6 Å². The summed E-state index contributed by atoms with van der Waals surface area (Å²) >= 11 is 0. The quantitative estimate of drug-likeness (QED) is 0.857. The lowest BCUT2D eigenvalue weighted by Crippen LogP contribution is -2.45. The number of aryl methyl sites for hydroxylation is 1. The van der Waals surface area contributed by atoms with Gasteiger partial charge >= 0.3 is 0 Å². The second-order valence-electron chi connectivity index (χ2n) is 5.17. The van der Waals surface area contributed by atoms with Crippen LogP contribution in [0.25, 0.3) is 0 Å². The third-order valence-electron chi connectivity index (χ3n) is 3.57. The monoisotopic (exact) mass is 249 g/mol. The van der Waals surface area contributed by atoms with Gasteiger partial charge in [-0.05, 0) is 39.4 Å². The van der Waals surface area contributed by atoms with Crippen LogP contribution in [-0.4, -0.2) is 48.1 Å². The van der Waals surface area contributed by atoms with Crippen molar-refractivity contribution >= 4 is 5.95 Å². The van der Waals surface area contributed by atoms with Crippen LogP contribution in [0, 0.1) is 6.92 Å². The second kappa shape index (κ2) is 5.63. The maximum absolute atomic E-state index is 5.67. The first-order valence-electron chi connectivity index (χ1n) is 6.56. The first-order chi connectivity index (χ1) is 8.60. The predicted octanol–water partition coefficient (Wildman–Crippen LogP) is 0.774. The van der Waals surface area contributed by atoms with Crippen molar-refractivity contribution in [3.63, 3.8) is 0 Å². The van der Waals surface area contributed by atoms with E-state index in [0.717, 1.165) is 23.9 Å². The second-order valence-corrected chi connectivity index (χ2v) is 5.17. The zero-order chi connectivity index (χ0) is 13.1. The van der Waals surface area contributed by atoms with Gasteiger partial charge in [0.1, 0.15) is 0 Å². The fourth-order valence-electron chi connectivity index (χ4n) is 2.50. The van der Waals surface area contributed by atoms with E-state index in [1.165, 1.54) is 19.4 Å². The fraction of sp³-hybridized carbons (Fsp3) is 0.692. The summed E-state index contributed by atoms with van der Waals surface area (Å²) in [7, 11) is 4.25. The lowest BCUT2D eigenvalue weighted by atomic mass is 10.1. The SMILES string of the molecule is Cc1cc(CN)nc(N(C)C2CCCN(C)C2)n1. The van der Waals surface area contributed by atoms with Gasteiger partial charge in [-0.3, -0.25) is 0 Å². The summed E-state index contributed by atoms with van der Waals surface area (Å²) in [5, 5.41) is 0. The normalized spacial score (nSPS) is 21.0. The maximum Gasteiger partial charge on any atom is 0.225 e. The van der Waals surface area contributed by atoms with Crippen molar-refractivity contribution in [1.82, 2.24) is 14.9 Å². The molecule has 0 amide bonds. The molecule has 5 nitrogen and oxygen atoms in total. The minimum atomic E-state index is 0.467. The van der Waals surface area contributed by atoms with Gasteiger partial charge in [-0.15, -0.1) is 0 Å². The van der Waals surface area contributed by atoms with Crippen molar-refractivity contribution < 1.29 is 0 Å². The number of likely N-dealkylation sites (tertiary alicyclic amines) is 1. The minimum Gasteiger partial charge on any atom is -0.340 e. The van der Waals surface area contributed by atoms with E-state index in [1.807, 2.05) is 13.0 Å². The molecule has 2 rings (SSSR count). The van der Waals surface area contributed by atoms with E-state index in [-0.39, 0.29) is 0 Å². The minimum absolute atomic E-state index is 0.467. The summed E-state index contributed by atoms with van der Waals surface area (Å²) in [6.07, 6.45) is 2.44. The molecule has 1 aliphatic rings. The highest BCUT2D eigenvalue weighted by molar-refractivity contribution is 5.33. The predicted molar refractivity (Wildman–Crippen MR) is 73.6 cm³/mol. The molecule has 5 heteroatoms. The topological polar surface area (TPSA) is 58.3 Å². The van der Waals surface area contributed by atoms with Crippen LogP contribution in [0.4, 0.5) is 5.95 Å². The van der Waals surface area contributed by atoms with Crippen LogP contribution >= 0.6 is 0 Å². The van der Waals surface area contributed by atoms with Crippen molar-refractivity contribution in [2.45, 2.75) is 32.4 Å². The van der Waals surface area contributed by atoms with Crippen LogP contribution in [0.2, 0.25) is 0 Å². The molecule has 0 saturated carbocycles. The van der Waals surface area contributed by atoms with Crippen LogP contribution in [0.15, 0.2) is 6.07 Å². The Labute approximate surface area is 109 Å². The number of likely N-dealkylation sites (N-methyl/N-ethyl adjacent to an activating group) is 2. The van der Waals surface area contributed by atoms with E-state index < -0.39 is 0 Å². The number of hydrogen-bond acceptors (Lipinski definition) is 5. The molecule has 1 aromatic heterocycles. The maximum atomic E-state index is 5.67. The molecule has 2 heterocycles. The Bertz CT molecular complexity index is 406. The standard InChI is InChI=1S/C13H23N5/c1-10-7-11(8-14)16-13(15-10)18(3)12-5-4-6-17(2)9-12/h7,12H,4-6,8-9,14H2,1-3H3. The van der Waals surface area contributed by atoms with Crippen molar-refractivity contribution in [3.05, 3.63) is 17.5 Å². The van der Waals surface area contributed by atoms with Crippen LogP contribution in [-0.2, 0) is 6.54 Å². The van der Waals surface area contributed by atoms with Crippen LogP contribution in [0.3, 0.4) is 0 Å². The number of anilines is 1. The molecule has 1 aromatic rings. The van der Waals surface area contributed by atoms with E-state index in [9.17, 15) is 0 Å². The largest absolute Gasteiger partial charge is 0.340 e. The molecule has 0 spiro atoms. The van der Waals surface area contributed by atoms with Crippen molar-refractivity contribution in [1.29, 1.82) is 0 Å². The van der Waals surface area contributed by atoms with Crippen molar-refractivity contribution in [3.8, 4) is 0 Å². The summed E-state index contributed by atoms with van der Waals surface area (Å²) in [6, 6.07) is 2.45. The average molecular weight is 249 g/mol. The van der Waals surface area contributed by atoms with Gasteiger partial charge in [-0.25, -0.2) is 9.97 Å². The van der Waals surface area contributed by atoms with Gasteiger partial charge in [0.2, 0.25) is 5.95 Å². The molecule has 0 aromatic carbocycles. The molecule has 1 aliphatic heterocycles. The van der Waals surface area contributed by atoms with Crippen LogP contribution < -0.4 is 10.6 Å². The summed E-state index contributed by atoms with van der Waals surface area (Å²) < 4.78 is 0. The van der Waals surface area contributed by atoms with E-state index in [2.05, 4.69) is 33.9 Å².